The molecule has 106 valence electrons. The Morgan fingerprint density at radius 1 is 1.40 bits per heavy atom. The van der Waals surface area contributed by atoms with Crippen molar-refractivity contribution in [2.45, 2.75) is 13.3 Å². The van der Waals surface area contributed by atoms with Gasteiger partial charge in [-0.15, -0.1) is 0 Å². The maximum atomic E-state index is 11.9. The molecule has 6 heteroatoms. The third kappa shape index (κ3) is 2.36. The van der Waals surface area contributed by atoms with Crippen LogP contribution >= 0.6 is 0 Å². The summed E-state index contributed by atoms with van der Waals surface area (Å²) in [6.45, 7) is 1.84. The average molecular weight is 277 g/mol. The second-order valence-corrected chi connectivity index (χ2v) is 4.68. The molecule has 0 aliphatic carbocycles. The van der Waals surface area contributed by atoms with Crippen molar-refractivity contribution in [1.29, 1.82) is 0 Å². The first-order valence-corrected chi connectivity index (χ1v) is 6.16. The lowest BCUT2D eigenvalue weighted by molar-refractivity contribution is -0.141. The monoisotopic (exact) mass is 277 g/mol. The summed E-state index contributed by atoms with van der Waals surface area (Å²) in [5.74, 6) is -2.42. The summed E-state index contributed by atoms with van der Waals surface area (Å²) in [5.41, 5.74) is 1.54. The van der Waals surface area contributed by atoms with Gasteiger partial charge in [0.1, 0.15) is 0 Å². The van der Waals surface area contributed by atoms with Crippen molar-refractivity contribution in [3.63, 3.8) is 0 Å². The molecule has 1 unspecified atom stereocenters. The molecule has 1 fully saturated rings. The highest BCUT2D eigenvalue weighted by Gasteiger charge is 2.36. The van der Waals surface area contributed by atoms with Crippen LogP contribution < -0.4 is 4.90 Å². The smallest absolute Gasteiger partial charge is 0.338 e. The Morgan fingerprint density at radius 3 is 2.65 bits per heavy atom. The Balaban J connectivity index is 2.37. The molecule has 1 atom stereocenters. The zero-order valence-electron chi connectivity index (χ0n) is 11.3. The minimum atomic E-state index is -0.984. The van der Waals surface area contributed by atoms with Gasteiger partial charge in [-0.1, -0.05) is 6.07 Å². The standard InChI is InChI=1S/C14H15NO5/c1-8-10(14(19)20-2)4-3-5-11(8)15-7-9(13(17)18)6-12(15)16/h3-5,9H,6-7H2,1-2H3,(H,17,18). The zero-order valence-corrected chi connectivity index (χ0v) is 11.3. The van der Waals surface area contributed by atoms with Crippen LogP contribution in [-0.4, -0.2) is 36.6 Å². The normalized spacial score (nSPS) is 18.2. The first kappa shape index (κ1) is 14.0. The maximum Gasteiger partial charge on any atom is 0.338 e. The van der Waals surface area contributed by atoms with E-state index in [9.17, 15) is 14.4 Å². The molecule has 1 heterocycles. The number of nitrogens with zero attached hydrogens (tertiary/aromatic N) is 1. The van der Waals surface area contributed by atoms with E-state index >= 15 is 0 Å². The zero-order chi connectivity index (χ0) is 14.9. The number of esters is 1. The molecule has 0 radical (unpaired) electrons. The van der Waals surface area contributed by atoms with Crippen LogP contribution in [0.3, 0.4) is 0 Å². The molecule has 0 aromatic heterocycles. The average Bonchev–Trinajstić information content (AvgIpc) is 2.80. The molecule has 0 bridgehead atoms. The number of carboxylic acid groups (broad SMARTS) is 1. The van der Waals surface area contributed by atoms with Crippen LogP contribution in [0.15, 0.2) is 18.2 Å². The summed E-state index contributed by atoms with van der Waals surface area (Å²) in [6, 6.07) is 4.96. The Labute approximate surface area is 115 Å². The number of amides is 1. The number of carbonyl (C=O) groups excluding carboxylic acids is 2. The Morgan fingerprint density at radius 2 is 2.10 bits per heavy atom. The maximum absolute atomic E-state index is 11.9. The van der Waals surface area contributed by atoms with Gasteiger partial charge in [-0.3, -0.25) is 9.59 Å². The number of aliphatic carboxylic acids is 1. The van der Waals surface area contributed by atoms with Gasteiger partial charge >= 0.3 is 11.9 Å². The molecule has 2 rings (SSSR count). The molecule has 20 heavy (non-hydrogen) atoms. The molecule has 6 nitrogen and oxygen atoms in total. The number of ether oxygens (including phenoxy) is 1. The van der Waals surface area contributed by atoms with Crippen LogP contribution in [0.4, 0.5) is 5.69 Å². The predicted molar refractivity (Wildman–Crippen MR) is 70.6 cm³/mol. The van der Waals surface area contributed by atoms with Crippen molar-refractivity contribution in [3.8, 4) is 0 Å². The molecule has 0 saturated carbocycles. The first-order chi connectivity index (χ1) is 9.45. The molecule has 1 aromatic carbocycles. The van der Waals surface area contributed by atoms with Gasteiger partial charge in [0.25, 0.3) is 0 Å². The lowest BCUT2D eigenvalue weighted by atomic mass is 10.1. The van der Waals surface area contributed by atoms with Crippen LogP contribution in [-0.2, 0) is 14.3 Å². The minimum Gasteiger partial charge on any atom is -0.481 e. The van der Waals surface area contributed by atoms with E-state index in [1.54, 1.807) is 25.1 Å². The molecular weight excluding hydrogens is 262 g/mol. The number of carboxylic acids is 1. The first-order valence-electron chi connectivity index (χ1n) is 6.16. The fourth-order valence-electron chi connectivity index (χ4n) is 2.35. The second kappa shape index (κ2) is 5.32. The highest BCUT2D eigenvalue weighted by molar-refractivity contribution is 6.01. The molecule has 0 spiro atoms. The van der Waals surface area contributed by atoms with Gasteiger partial charge in [0, 0.05) is 18.7 Å². The predicted octanol–water partition coefficient (Wildman–Crippen LogP) is 1.22. The van der Waals surface area contributed by atoms with Crippen LogP contribution in [0.5, 0.6) is 0 Å². The lowest BCUT2D eigenvalue weighted by Crippen LogP contribution is -2.27. The van der Waals surface area contributed by atoms with E-state index in [1.165, 1.54) is 12.0 Å². The molecule has 1 amide bonds. The van der Waals surface area contributed by atoms with E-state index in [-0.39, 0.29) is 18.9 Å². The van der Waals surface area contributed by atoms with Crippen molar-refractivity contribution in [3.05, 3.63) is 29.3 Å². The quantitative estimate of drug-likeness (QED) is 0.840. The van der Waals surface area contributed by atoms with Crippen LogP contribution in [0, 0.1) is 12.8 Å². The van der Waals surface area contributed by atoms with Crippen molar-refractivity contribution in [2.24, 2.45) is 5.92 Å². The summed E-state index contributed by atoms with van der Waals surface area (Å²) < 4.78 is 4.68. The van der Waals surface area contributed by atoms with E-state index < -0.39 is 17.9 Å². The largest absolute Gasteiger partial charge is 0.481 e. The van der Waals surface area contributed by atoms with Gasteiger partial charge in [0.15, 0.2) is 0 Å². The van der Waals surface area contributed by atoms with Crippen LogP contribution in [0.25, 0.3) is 0 Å². The number of anilines is 1. The van der Waals surface area contributed by atoms with Crippen LogP contribution in [0.2, 0.25) is 0 Å². The summed E-state index contributed by atoms with van der Waals surface area (Å²) in [6.07, 6.45) is -0.0166. The summed E-state index contributed by atoms with van der Waals surface area (Å²) in [4.78, 5) is 36.0. The van der Waals surface area contributed by atoms with E-state index in [2.05, 4.69) is 4.74 Å². The lowest BCUT2D eigenvalue weighted by Gasteiger charge is -2.20. The topological polar surface area (TPSA) is 83.9 Å². The molecule has 1 aliphatic rings. The van der Waals surface area contributed by atoms with E-state index in [1.807, 2.05) is 0 Å². The highest BCUT2D eigenvalue weighted by Crippen LogP contribution is 2.29. The Hall–Kier alpha value is -2.37. The van der Waals surface area contributed by atoms with E-state index in [0.29, 0.717) is 16.8 Å². The number of hydrogen-bond acceptors (Lipinski definition) is 4. The second-order valence-electron chi connectivity index (χ2n) is 4.68. The Bertz CT molecular complexity index is 581. The number of methoxy groups -OCH3 is 1. The summed E-state index contributed by atoms with van der Waals surface area (Å²) in [7, 11) is 1.29. The van der Waals surface area contributed by atoms with Gasteiger partial charge in [-0.25, -0.2) is 4.79 Å². The third-order valence-electron chi connectivity index (χ3n) is 3.48. The fraction of sp³-hybridized carbons (Fsp3) is 0.357. The number of carbonyl (C=O) groups is 3. The van der Waals surface area contributed by atoms with Crippen LogP contribution in [0.1, 0.15) is 22.3 Å². The third-order valence-corrected chi connectivity index (χ3v) is 3.48. The van der Waals surface area contributed by atoms with Gasteiger partial charge < -0.3 is 14.7 Å². The summed E-state index contributed by atoms with van der Waals surface area (Å²) in [5, 5.41) is 8.99. The summed E-state index contributed by atoms with van der Waals surface area (Å²) >= 11 is 0. The van der Waals surface area contributed by atoms with Crippen molar-refractivity contribution in [1.82, 2.24) is 0 Å². The molecule has 1 saturated heterocycles. The van der Waals surface area contributed by atoms with E-state index in [0.717, 1.165) is 0 Å². The molecule has 1 aliphatic heterocycles. The molecular formula is C14H15NO5. The van der Waals surface area contributed by atoms with Crippen molar-refractivity contribution < 1.29 is 24.2 Å². The molecule has 1 aromatic rings. The number of rotatable bonds is 3. The number of hydrogen-bond donors (Lipinski definition) is 1. The Kier molecular flexibility index (Phi) is 3.74. The van der Waals surface area contributed by atoms with Gasteiger partial charge in [0.05, 0.1) is 18.6 Å². The fourth-order valence-corrected chi connectivity index (χ4v) is 2.35. The van der Waals surface area contributed by atoms with Gasteiger partial charge in [0.2, 0.25) is 5.91 Å². The SMILES string of the molecule is COC(=O)c1cccc(N2CC(C(=O)O)CC2=O)c1C. The molecule has 1 N–H and O–H groups in total. The van der Waals surface area contributed by atoms with E-state index in [4.69, 9.17) is 5.11 Å². The minimum absolute atomic E-state index is 0.0166. The van der Waals surface area contributed by atoms with Gasteiger partial charge in [-0.05, 0) is 24.6 Å². The number of benzene rings is 1. The van der Waals surface area contributed by atoms with Crippen molar-refractivity contribution in [2.75, 3.05) is 18.6 Å². The highest BCUT2D eigenvalue weighted by atomic mass is 16.5. The van der Waals surface area contributed by atoms with Crippen molar-refractivity contribution >= 4 is 23.5 Å². The van der Waals surface area contributed by atoms with Gasteiger partial charge in [-0.2, -0.15) is 0 Å².